The largest absolute Gasteiger partial charge is 0.497 e. The van der Waals surface area contributed by atoms with E-state index in [2.05, 4.69) is 43.1 Å². The van der Waals surface area contributed by atoms with Gasteiger partial charge in [0.2, 0.25) is 0 Å². The summed E-state index contributed by atoms with van der Waals surface area (Å²) >= 11 is 0. The summed E-state index contributed by atoms with van der Waals surface area (Å²) in [6.45, 7) is 7.65. The third kappa shape index (κ3) is 12.9. The van der Waals surface area contributed by atoms with Crippen LogP contribution in [0.2, 0.25) is 0 Å². The van der Waals surface area contributed by atoms with Gasteiger partial charge < -0.3 is 42.4 Å². The average molecular weight is 778 g/mol. The van der Waals surface area contributed by atoms with Crippen LogP contribution in [0.4, 0.5) is 0 Å². The van der Waals surface area contributed by atoms with E-state index >= 15 is 0 Å². The Morgan fingerprint density at radius 2 is 1.34 bits per heavy atom. The van der Waals surface area contributed by atoms with E-state index in [1.807, 2.05) is 30.3 Å². The second-order valence-corrected chi connectivity index (χ2v) is 14.1. The molecule has 0 unspecified atom stereocenters. The molecule has 56 heavy (non-hydrogen) atoms. The lowest BCUT2D eigenvalue weighted by Crippen LogP contribution is -2.52. The number of fused-ring (bicyclic) bond motifs is 1. The first-order chi connectivity index (χ1) is 27.2. The number of hydrogen-bond acceptors (Lipinski definition) is 11. The normalized spacial score (nSPS) is 16.3. The fourth-order valence-electron chi connectivity index (χ4n) is 7.15. The van der Waals surface area contributed by atoms with Gasteiger partial charge in [-0.25, -0.2) is 9.59 Å². The van der Waals surface area contributed by atoms with Crippen LogP contribution in [-0.2, 0) is 43.2 Å². The molecule has 0 aromatic heterocycles. The average Bonchev–Trinajstić information content (AvgIpc) is 3.22. The topological polar surface area (TPSA) is 111 Å². The molecular formula is C44H61N2O10+. The first kappa shape index (κ1) is 43.9. The zero-order valence-corrected chi connectivity index (χ0v) is 34.3. The molecule has 0 saturated carbocycles. The summed E-state index contributed by atoms with van der Waals surface area (Å²) in [5.74, 6) is 2.45. The van der Waals surface area contributed by atoms with Crippen molar-refractivity contribution >= 4 is 11.9 Å². The number of benzene rings is 3. The number of carbonyl (C=O) groups is 2. The zero-order chi connectivity index (χ0) is 40.3. The number of ether oxygens (including phenoxy) is 8. The molecule has 0 bridgehead atoms. The van der Waals surface area contributed by atoms with E-state index in [4.69, 9.17) is 37.9 Å². The second-order valence-electron chi connectivity index (χ2n) is 14.1. The fourth-order valence-corrected chi connectivity index (χ4v) is 7.15. The Hall–Kier alpha value is -4.78. The van der Waals surface area contributed by atoms with Crippen molar-refractivity contribution in [2.75, 3.05) is 95.2 Å². The smallest absolute Gasteiger partial charge is 0.331 e. The SMILES string of the molecule is CCCOCCN(CCCOC(=O)/C=C\C(=O)OCCC[N@+]1(C)CCc2cc(OC)c(OC)cc2[C@H]1Cc1ccc(OC)cc1)Cc1ccc(OC)c(OC)c1. The molecule has 2 atom stereocenters. The molecule has 306 valence electrons. The van der Waals surface area contributed by atoms with Crippen LogP contribution in [-0.4, -0.2) is 117 Å². The van der Waals surface area contributed by atoms with Crippen molar-refractivity contribution in [3.8, 4) is 28.7 Å². The van der Waals surface area contributed by atoms with Crippen LogP contribution < -0.4 is 23.7 Å². The van der Waals surface area contributed by atoms with E-state index < -0.39 is 11.9 Å². The number of hydrogen-bond donors (Lipinski definition) is 0. The minimum atomic E-state index is -0.585. The molecule has 4 rings (SSSR count). The minimum Gasteiger partial charge on any atom is -0.497 e. The van der Waals surface area contributed by atoms with Crippen LogP contribution in [0.25, 0.3) is 0 Å². The van der Waals surface area contributed by atoms with Gasteiger partial charge in [0.05, 0.1) is 75.5 Å². The minimum absolute atomic E-state index is 0.143. The molecule has 0 saturated heterocycles. The van der Waals surface area contributed by atoms with Crippen molar-refractivity contribution in [2.45, 2.75) is 51.6 Å². The molecule has 3 aromatic rings. The number of carbonyl (C=O) groups excluding carboxylic acids is 2. The van der Waals surface area contributed by atoms with Gasteiger partial charge in [0, 0.05) is 63.2 Å². The molecule has 0 N–H and O–H groups in total. The molecule has 0 spiro atoms. The number of rotatable bonds is 24. The maximum Gasteiger partial charge on any atom is 0.331 e. The lowest BCUT2D eigenvalue weighted by Gasteiger charge is -2.46. The predicted molar refractivity (Wildman–Crippen MR) is 215 cm³/mol. The standard InChI is InChI=1S/C44H61N2O10/c1-8-24-54-27-21-45(32-34-13-16-39(50-4)40(29-34)51-5)20-9-25-55-43(47)17-18-44(48)56-26-10-22-46(2)23-19-35-30-41(52-6)42(53-7)31-37(35)38(46)28-33-11-14-36(49-3)15-12-33/h11-18,29-31,38H,8-10,19-28,32H2,1-7H3/q+1/b18-17-/t38-,46-/m1/s1. The van der Waals surface area contributed by atoms with E-state index in [0.29, 0.717) is 56.4 Å². The van der Waals surface area contributed by atoms with E-state index in [0.717, 1.165) is 72.6 Å². The summed E-state index contributed by atoms with van der Waals surface area (Å²) in [5, 5.41) is 0. The highest BCUT2D eigenvalue weighted by Gasteiger charge is 2.39. The lowest BCUT2D eigenvalue weighted by molar-refractivity contribution is -0.941. The van der Waals surface area contributed by atoms with Crippen LogP contribution in [0.5, 0.6) is 28.7 Å². The van der Waals surface area contributed by atoms with Gasteiger partial charge in [-0.2, -0.15) is 0 Å². The molecule has 0 amide bonds. The molecule has 0 fully saturated rings. The second kappa shape index (κ2) is 22.7. The van der Waals surface area contributed by atoms with Crippen LogP contribution >= 0.6 is 0 Å². The quantitative estimate of drug-likeness (QED) is 0.0438. The Labute approximate surface area is 332 Å². The van der Waals surface area contributed by atoms with Gasteiger partial charge in [-0.3, -0.25) is 4.90 Å². The molecular weight excluding hydrogens is 716 g/mol. The highest BCUT2D eigenvalue weighted by atomic mass is 16.5. The van der Waals surface area contributed by atoms with Crippen LogP contribution in [0, 0.1) is 0 Å². The Morgan fingerprint density at radius 3 is 1.98 bits per heavy atom. The number of quaternary nitrogens is 1. The summed E-state index contributed by atoms with van der Waals surface area (Å²) in [6.07, 6.45) is 6.20. The van der Waals surface area contributed by atoms with Crippen LogP contribution in [0.15, 0.2) is 66.7 Å². The van der Waals surface area contributed by atoms with Gasteiger partial charge in [0.1, 0.15) is 11.8 Å². The fraction of sp³-hybridized carbons (Fsp3) is 0.500. The van der Waals surface area contributed by atoms with Crippen LogP contribution in [0.3, 0.4) is 0 Å². The van der Waals surface area contributed by atoms with E-state index in [9.17, 15) is 9.59 Å². The van der Waals surface area contributed by atoms with Gasteiger partial charge in [0.15, 0.2) is 23.0 Å². The lowest BCUT2D eigenvalue weighted by atomic mass is 9.86. The molecule has 1 aliphatic rings. The number of nitrogens with zero attached hydrogens (tertiary/aromatic N) is 2. The van der Waals surface area contributed by atoms with Gasteiger partial charge in [-0.05, 0) is 65.9 Å². The molecule has 12 heteroatoms. The van der Waals surface area contributed by atoms with Gasteiger partial charge in [0.25, 0.3) is 0 Å². The van der Waals surface area contributed by atoms with Crippen molar-refractivity contribution in [1.82, 2.24) is 4.90 Å². The van der Waals surface area contributed by atoms with E-state index in [1.54, 1.807) is 35.5 Å². The van der Waals surface area contributed by atoms with Crippen molar-refractivity contribution in [1.29, 1.82) is 0 Å². The van der Waals surface area contributed by atoms with Crippen molar-refractivity contribution < 1.29 is 52.0 Å². The number of methoxy groups -OCH3 is 5. The van der Waals surface area contributed by atoms with Crippen LogP contribution in [0.1, 0.15) is 54.5 Å². The highest BCUT2D eigenvalue weighted by Crippen LogP contribution is 2.42. The number of likely N-dealkylation sites (N-methyl/N-ethyl adjacent to an activating group) is 1. The van der Waals surface area contributed by atoms with E-state index in [1.165, 1.54) is 16.7 Å². The molecule has 0 radical (unpaired) electrons. The zero-order valence-electron chi connectivity index (χ0n) is 34.3. The van der Waals surface area contributed by atoms with Crippen molar-refractivity contribution in [3.05, 3.63) is 89.0 Å². The summed E-state index contributed by atoms with van der Waals surface area (Å²) in [6, 6.07) is 18.4. The Bertz CT molecular complexity index is 1710. The maximum atomic E-state index is 12.6. The monoisotopic (exact) mass is 777 g/mol. The highest BCUT2D eigenvalue weighted by molar-refractivity contribution is 5.91. The van der Waals surface area contributed by atoms with Gasteiger partial charge in [-0.1, -0.05) is 25.1 Å². The Morgan fingerprint density at radius 1 is 0.714 bits per heavy atom. The van der Waals surface area contributed by atoms with Crippen molar-refractivity contribution in [3.63, 3.8) is 0 Å². The molecule has 3 aromatic carbocycles. The molecule has 1 heterocycles. The summed E-state index contributed by atoms with van der Waals surface area (Å²) in [4.78, 5) is 27.3. The third-order valence-corrected chi connectivity index (χ3v) is 10.3. The van der Waals surface area contributed by atoms with Gasteiger partial charge >= 0.3 is 11.9 Å². The molecule has 12 nitrogen and oxygen atoms in total. The maximum absolute atomic E-state index is 12.6. The first-order valence-electron chi connectivity index (χ1n) is 19.4. The number of esters is 2. The predicted octanol–water partition coefficient (Wildman–Crippen LogP) is 6.37. The summed E-state index contributed by atoms with van der Waals surface area (Å²) in [5.41, 5.74) is 4.76. The summed E-state index contributed by atoms with van der Waals surface area (Å²) < 4.78 is 44.9. The third-order valence-electron chi connectivity index (χ3n) is 10.3. The Kier molecular flexibility index (Phi) is 17.8. The molecule has 0 aliphatic carbocycles. The van der Waals surface area contributed by atoms with E-state index in [-0.39, 0.29) is 19.3 Å². The first-order valence-corrected chi connectivity index (χ1v) is 19.4. The Balaban J connectivity index is 1.26. The van der Waals surface area contributed by atoms with Gasteiger partial charge in [-0.15, -0.1) is 0 Å². The molecule has 1 aliphatic heterocycles. The summed E-state index contributed by atoms with van der Waals surface area (Å²) in [7, 11) is 10.5. The van der Waals surface area contributed by atoms with Crippen molar-refractivity contribution in [2.24, 2.45) is 0 Å².